The molecule has 2 aromatic rings. The van der Waals surface area contributed by atoms with Crippen LogP contribution < -0.4 is 5.32 Å². The molecule has 0 amide bonds. The topological polar surface area (TPSA) is 38.3 Å². The van der Waals surface area contributed by atoms with Gasteiger partial charge in [0.1, 0.15) is 0 Å². The maximum Gasteiger partial charge on any atom is 0.310 e. The molecule has 0 aliphatic heterocycles. The number of nitrogens with one attached hydrogen (secondary N) is 1. The normalized spacial score (nSPS) is 10.3. The van der Waals surface area contributed by atoms with Gasteiger partial charge < -0.3 is 10.1 Å². The highest BCUT2D eigenvalue weighted by atomic mass is 35.5. The molecular weight excluding hydrogens is 294 g/mol. The fourth-order valence-corrected chi connectivity index (χ4v) is 2.93. The quantitative estimate of drug-likeness (QED) is 0.847. The molecule has 1 aromatic carbocycles. The molecule has 0 saturated heterocycles. The number of thiophene rings is 1. The molecule has 2 rings (SSSR count). The van der Waals surface area contributed by atoms with Crippen molar-refractivity contribution in [2.45, 2.75) is 19.9 Å². The Kier molecular flexibility index (Phi) is 5.04. The van der Waals surface area contributed by atoms with Crippen molar-refractivity contribution in [3.63, 3.8) is 0 Å². The minimum absolute atomic E-state index is 0.211. The zero-order valence-electron chi connectivity index (χ0n) is 11.4. The number of anilines is 1. The van der Waals surface area contributed by atoms with E-state index < -0.39 is 0 Å². The van der Waals surface area contributed by atoms with Gasteiger partial charge in [-0.2, -0.15) is 0 Å². The Bertz CT molecular complexity index is 610. The third kappa shape index (κ3) is 3.74. The highest BCUT2D eigenvalue weighted by Gasteiger charge is 2.07. The van der Waals surface area contributed by atoms with Crippen molar-refractivity contribution in [3.05, 3.63) is 50.7 Å². The molecule has 5 heteroatoms. The molecule has 106 valence electrons. The molecule has 0 radical (unpaired) electrons. The highest BCUT2D eigenvalue weighted by molar-refractivity contribution is 7.12. The number of hydrogen-bond donors (Lipinski definition) is 1. The molecule has 0 unspecified atom stereocenters. The van der Waals surface area contributed by atoms with E-state index in [2.05, 4.69) is 10.1 Å². The first kappa shape index (κ1) is 14.9. The Morgan fingerprint density at radius 3 is 2.80 bits per heavy atom. The van der Waals surface area contributed by atoms with E-state index in [0.29, 0.717) is 13.0 Å². The van der Waals surface area contributed by atoms with Crippen molar-refractivity contribution in [3.8, 4) is 0 Å². The van der Waals surface area contributed by atoms with Crippen LogP contribution in [-0.4, -0.2) is 13.1 Å². The number of rotatable bonds is 5. The molecular formula is C15H16ClNO2S. The highest BCUT2D eigenvalue weighted by Crippen LogP contribution is 2.24. The summed E-state index contributed by atoms with van der Waals surface area (Å²) in [4.78, 5) is 13.4. The number of carbonyl (C=O) groups is 1. The maximum atomic E-state index is 11.2. The Labute approximate surface area is 127 Å². The molecule has 0 spiro atoms. The average Bonchev–Trinajstić information content (AvgIpc) is 2.88. The lowest BCUT2D eigenvalue weighted by Gasteiger charge is -2.09. The predicted octanol–water partition coefficient (Wildman–Crippen LogP) is 4.04. The smallest absolute Gasteiger partial charge is 0.310 e. The summed E-state index contributed by atoms with van der Waals surface area (Å²) in [5.74, 6) is -0.211. The summed E-state index contributed by atoms with van der Waals surface area (Å²) in [7, 11) is 1.40. The minimum atomic E-state index is -0.211. The van der Waals surface area contributed by atoms with Crippen molar-refractivity contribution >= 4 is 34.6 Å². The van der Waals surface area contributed by atoms with Gasteiger partial charge in [0.15, 0.2) is 0 Å². The number of carbonyl (C=O) groups excluding carboxylic acids is 1. The first-order valence-corrected chi connectivity index (χ1v) is 7.43. The van der Waals surface area contributed by atoms with Crippen LogP contribution in [0.15, 0.2) is 30.3 Å². The number of benzene rings is 1. The van der Waals surface area contributed by atoms with Crippen LogP contribution in [-0.2, 0) is 22.5 Å². The van der Waals surface area contributed by atoms with Crippen LogP contribution in [0.5, 0.6) is 0 Å². The van der Waals surface area contributed by atoms with Crippen molar-refractivity contribution < 1.29 is 9.53 Å². The fourth-order valence-electron chi connectivity index (χ4n) is 1.81. The zero-order valence-corrected chi connectivity index (χ0v) is 13.0. The van der Waals surface area contributed by atoms with Gasteiger partial charge in [-0.25, -0.2) is 0 Å². The fraction of sp³-hybridized carbons (Fsp3) is 0.267. The van der Waals surface area contributed by atoms with Crippen LogP contribution in [0.4, 0.5) is 5.69 Å². The van der Waals surface area contributed by atoms with E-state index in [1.807, 2.05) is 37.3 Å². The summed E-state index contributed by atoms with van der Waals surface area (Å²) >= 11 is 7.69. The van der Waals surface area contributed by atoms with Gasteiger partial charge in [-0.15, -0.1) is 11.3 Å². The Morgan fingerprint density at radius 2 is 2.05 bits per heavy atom. The number of ether oxygens (including phenoxy) is 1. The number of methoxy groups -OCH3 is 1. The number of hydrogen-bond acceptors (Lipinski definition) is 4. The lowest BCUT2D eigenvalue weighted by molar-refractivity contribution is -0.139. The first-order valence-electron chi connectivity index (χ1n) is 6.23. The second-order valence-corrected chi connectivity index (χ2v) is 6.05. The van der Waals surface area contributed by atoms with Gasteiger partial charge in [0, 0.05) is 27.0 Å². The van der Waals surface area contributed by atoms with Crippen LogP contribution in [0.3, 0.4) is 0 Å². The molecule has 1 aromatic heterocycles. The van der Waals surface area contributed by atoms with Gasteiger partial charge in [0.2, 0.25) is 0 Å². The molecule has 0 aliphatic carbocycles. The van der Waals surface area contributed by atoms with Gasteiger partial charge in [0.25, 0.3) is 0 Å². The van der Waals surface area contributed by atoms with Gasteiger partial charge in [-0.3, -0.25) is 4.79 Å². The van der Waals surface area contributed by atoms with E-state index in [0.717, 1.165) is 21.2 Å². The molecule has 0 bridgehead atoms. The van der Waals surface area contributed by atoms with Crippen LogP contribution in [0.25, 0.3) is 0 Å². The molecule has 0 saturated carbocycles. The molecule has 0 atom stereocenters. The predicted molar refractivity (Wildman–Crippen MR) is 83.6 cm³/mol. The lowest BCUT2D eigenvalue weighted by atomic mass is 10.2. The molecule has 20 heavy (non-hydrogen) atoms. The average molecular weight is 310 g/mol. The van der Waals surface area contributed by atoms with E-state index in [-0.39, 0.29) is 5.97 Å². The molecule has 1 heterocycles. The summed E-state index contributed by atoms with van der Waals surface area (Å²) in [6, 6.07) is 9.79. The van der Waals surface area contributed by atoms with Gasteiger partial charge in [0.05, 0.1) is 13.5 Å². The van der Waals surface area contributed by atoms with Crippen molar-refractivity contribution in [2.75, 3.05) is 12.4 Å². The van der Waals surface area contributed by atoms with Crippen LogP contribution >= 0.6 is 22.9 Å². The van der Waals surface area contributed by atoms with Crippen molar-refractivity contribution in [1.82, 2.24) is 0 Å². The molecule has 0 aliphatic rings. The van der Waals surface area contributed by atoms with E-state index in [1.54, 1.807) is 11.3 Å². The summed E-state index contributed by atoms with van der Waals surface area (Å²) in [6.45, 7) is 2.70. The maximum absolute atomic E-state index is 11.2. The second-order valence-electron chi connectivity index (χ2n) is 4.39. The standard InChI is InChI=1S/C15H16ClNO2S/c1-10-13(16)4-3-5-14(10)17-9-12-7-6-11(20-12)8-15(18)19-2/h3-7,17H,8-9H2,1-2H3. The van der Waals surface area contributed by atoms with E-state index >= 15 is 0 Å². The van der Waals surface area contributed by atoms with Crippen LogP contribution in [0.2, 0.25) is 5.02 Å². The van der Waals surface area contributed by atoms with E-state index in [4.69, 9.17) is 11.6 Å². The Balaban J connectivity index is 1.97. The van der Waals surface area contributed by atoms with Crippen molar-refractivity contribution in [2.24, 2.45) is 0 Å². The molecule has 1 N–H and O–H groups in total. The first-order chi connectivity index (χ1) is 9.60. The van der Waals surface area contributed by atoms with E-state index in [9.17, 15) is 4.79 Å². The van der Waals surface area contributed by atoms with Gasteiger partial charge >= 0.3 is 5.97 Å². The summed E-state index contributed by atoms with van der Waals surface area (Å²) in [5.41, 5.74) is 2.07. The van der Waals surface area contributed by atoms with Crippen LogP contribution in [0.1, 0.15) is 15.3 Å². The lowest BCUT2D eigenvalue weighted by Crippen LogP contribution is -2.02. The number of halogens is 1. The van der Waals surface area contributed by atoms with Crippen LogP contribution in [0, 0.1) is 6.92 Å². The summed E-state index contributed by atoms with van der Waals surface area (Å²) in [5, 5.41) is 4.12. The van der Waals surface area contributed by atoms with Crippen molar-refractivity contribution in [1.29, 1.82) is 0 Å². The zero-order chi connectivity index (χ0) is 14.5. The number of esters is 1. The third-order valence-electron chi connectivity index (χ3n) is 2.98. The molecule has 3 nitrogen and oxygen atoms in total. The summed E-state index contributed by atoms with van der Waals surface area (Å²) in [6.07, 6.45) is 0.331. The monoisotopic (exact) mass is 309 g/mol. The van der Waals surface area contributed by atoms with E-state index in [1.165, 1.54) is 12.0 Å². The largest absolute Gasteiger partial charge is 0.469 e. The summed E-state index contributed by atoms with van der Waals surface area (Å²) < 4.78 is 4.66. The third-order valence-corrected chi connectivity index (χ3v) is 4.48. The SMILES string of the molecule is COC(=O)Cc1ccc(CNc2cccc(Cl)c2C)s1. The Morgan fingerprint density at radius 1 is 1.30 bits per heavy atom. The van der Waals surface area contributed by atoms with Gasteiger partial charge in [-0.1, -0.05) is 17.7 Å². The second kappa shape index (κ2) is 6.77. The molecule has 0 fully saturated rings. The van der Waals surface area contributed by atoms with Gasteiger partial charge in [-0.05, 0) is 36.8 Å². The minimum Gasteiger partial charge on any atom is -0.469 e. The Hall–Kier alpha value is -1.52.